The first kappa shape index (κ1) is 14.0. The number of hydrogen-bond donors (Lipinski definition) is 0. The topological polar surface area (TPSA) is 68.3 Å². The predicted molar refractivity (Wildman–Crippen MR) is 46.0 cm³/mol. The van der Waals surface area contributed by atoms with Gasteiger partial charge in [0.15, 0.2) is 0 Å². The van der Waals surface area contributed by atoms with Gasteiger partial charge in [0, 0.05) is 21.4 Å². The van der Waals surface area contributed by atoms with Gasteiger partial charge in [-0.15, -0.1) is 0 Å². The Balaban J connectivity index is 0. The van der Waals surface area contributed by atoms with Gasteiger partial charge in [-0.3, -0.25) is 0 Å². The maximum Gasteiger partial charge on any atom is 0.232 e. The van der Waals surface area contributed by atoms with Crippen LogP contribution >= 0.6 is 21.4 Å². The average molecular weight is 243 g/mol. The summed E-state index contributed by atoms with van der Waals surface area (Å²) in [5.41, 5.74) is 0. The Labute approximate surface area is 75.3 Å². The molecule has 0 amide bonds. The molecule has 11 heavy (non-hydrogen) atoms. The Bertz CT molecular complexity index is 268. The third-order valence-corrected chi connectivity index (χ3v) is 1.69. The standard InChI is InChI=1S/C2H5ClO2S.CH3ClO2S/c1-2-6(3,4)5;1-5(2,3)4/h2H2,1H3;1H3. The molecule has 0 saturated heterocycles. The third-order valence-electron chi connectivity index (χ3n) is 0.345. The highest BCUT2D eigenvalue weighted by Gasteiger charge is 1.94. The van der Waals surface area contributed by atoms with E-state index in [4.69, 9.17) is 0 Å². The molecule has 4 nitrogen and oxygen atoms in total. The fourth-order valence-corrected chi connectivity index (χ4v) is 0. The molecule has 70 valence electrons. The van der Waals surface area contributed by atoms with Crippen LogP contribution in [-0.2, 0) is 18.1 Å². The smallest absolute Gasteiger partial charge is 0.213 e. The SMILES string of the molecule is CCS(=O)(=O)Cl.CS(=O)(=O)Cl. The maximum absolute atomic E-state index is 9.77. The number of halogens is 2. The molecule has 0 spiro atoms. The van der Waals surface area contributed by atoms with E-state index in [0.29, 0.717) is 0 Å². The Morgan fingerprint density at radius 1 is 1.09 bits per heavy atom. The Morgan fingerprint density at radius 3 is 1.18 bits per heavy atom. The molecule has 0 aliphatic heterocycles. The molecule has 0 aromatic heterocycles. The second-order valence-corrected chi connectivity index (χ2v) is 7.62. The Morgan fingerprint density at radius 2 is 1.18 bits per heavy atom. The lowest BCUT2D eigenvalue weighted by Gasteiger charge is -1.77. The Hall–Kier alpha value is 0.480. The van der Waals surface area contributed by atoms with Gasteiger partial charge in [0.2, 0.25) is 18.1 Å². The lowest BCUT2D eigenvalue weighted by atomic mass is 11.0. The molecular formula is C3H8Cl2O4S2. The molecule has 8 heteroatoms. The van der Waals surface area contributed by atoms with Crippen molar-refractivity contribution >= 4 is 39.5 Å². The largest absolute Gasteiger partial charge is 0.232 e. The number of rotatable bonds is 1. The van der Waals surface area contributed by atoms with Crippen LogP contribution in [0, 0.1) is 0 Å². The Kier molecular flexibility index (Phi) is 6.61. The minimum atomic E-state index is -3.19. The van der Waals surface area contributed by atoms with Gasteiger partial charge >= 0.3 is 0 Å². The van der Waals surface area contributed by atoms with Crippen LogP contribution in [0.15, 0.2) is 0 Å². The van der Waals surface area contributed by atoms with Crippen molar-refractivity contribution < 1.29 is 16.8 Å². The van der Waals surface area contributed by atoms with Crippen molar-refractivity contribution in [1.29, 1.82) is 0 Å². The summed E-state index contributed by atoms with van der Waals surface area (Å²) in [6.45, 7) is 1.49. The summed E-state index contributed by atoms with van der Waals surface area (Å²) in [5.74, 6) is 0.00849. The highest BCUT2D eigenvalue weighted by Crippen LogP contribution is 1.91. The minimum Gasteiger partial charge on any atom is -0.213 e. The van der Waals surface area contributed by atoms with Crippen molar-refractivity contribution in [3.05, 3.63) is 0 Å². The van der Waals surface area contributed by atoms with Crippen molar-refractivity contribution in [1.82, 2.24) is 0 Å². The summed E-state index contributed by atoms with van der Waals surface area (Å²) in [6.07, 6.45) is 0.925. The van der Waals surface area contributed by atoms with Crippen LogP contribution in [-0.4, -0.2) is 28.8 Å². The van der Waals surface area contributed by atoms with Crippen LogP contribution in [0.2, 0.25) is 0 Å². The predicted octanol–water partition coefficient (Wildman–Crippen LogP) is 0.760. The summed E-state index contributed by atoms with van der Waals surface area (Å²) in [7, 11) is 2.81. The quantitative estimate of drug-likeness (QED) is 0.637. The third kappa shape index (κ3) is 62.2. The first-order chi connectivity index (χ1) is 4.56. The molecule has 0 radical (unpaired) electrons. The van der Waals surface area contributed by atoms with Crippen LogP contribution < -0.4 is 0 Å². The summed E-state index contributed by atoms with van der Waals surface area (Å²) < 4.78 is 38.3. The van der Waals surface area contributed by atoms with Crippen LogP contribution in [0.5, 0.6) is 0 Å². The molecule has 0 N–H and O–H groups in total. The normalized spacial score (nSPS) is 11.6. The van der Waals surface area contributed by atoms with Crippen LogP contribution in [0.4, 0.5) is 0 Å². The van der Waals surface area contributed by atoms with Crippen LogP contribution in [0.3, 0.4) is 0 Å². The highest BCUT2D eigenvalue weighted by atomic mass is 35.7. The molecule has 0 saturated carbocycles. The maximum atomic E-state index is 9.77. The lowest BCUT2D eigenvalue weighted by Crippen LogP contribution is -1.88. The van der Waals surface area contributed by atoms with E-state index in [1.54, 1.807) is 0 Å². The van der Waals surface area contributed by atoms with Crippen LogP contribution in [0.25, 0.3) is 0 Å². The zero-order valence-corrected chi connectivity index (χ0v) is 9.06. The van der Waals surface area contributed by atoms with Crippen LogP contribution in [0.1, 0.15) is 6.92 Å². The van der Waals surface area contributed by atoms with Crippen molar-refractivity contribution in [2.24, 2.45) is 0 Å². The van der Waals surface area contributed by atoms with E-state index in [9.17, 15) is 16.8 Å². The average Bonchev–Trinajstić information content (AvgIpc) is 1.59. The molecule has 0 heterocycles. The first-order valence-corrected chi connectivity index (χ1v) is 7.58. The minimum absolute atomic E-state index is 0.00849. The van der Waals surface area contributed by atoms with Gasteiger partial charge in [-0.25, -0.2) is 16.8 Å². The van der Waals surface area contributed by atoms with E-state index in [-0.39, 0.29) is 5.75 Å². The van der Waals surface area contributed by atoms with Gasteiger partial charge in [-0.1, -0.05) is 6.92 Å². The molecule has 0 unspecified atom stereocenters. The molecule has 0 aromatic rings. The van der Waals surface area contributed by atoms with Crippen molar-refractivity contribution in [3.63, 3.8) is 0 Å². The molecule has 0 rings (SSSR count). The molecule has 0 aliphatic carbocycles. The van der Waals surface area contributed by atoms with Crippen molar-refractivity contribution in [2.75, 3.05) is 12.0 Å². The van der Waals surface area contributed by atoms with E-state index >= 15 is 0 Å². The molecule has 0 aromatic carbocycles. The van der Waals surface area contributed by atoms with Gasteiger partial charge in [-0.2, -0.15) is 0 Å². The van der Waals surface area contributed by atoms with E-state index in [1.807, 2.05) is 0 Å². The van der Waals surface area contributed by atoms with Gasteiger partial charge in [0.1, 0.15) is 0 Å². The second-order valence-electron chi connectivity index (χ2n) is 1.51. The summed E-state index contributed by atoms with van der Waals surface area (Å²) in [6, 6.07) is 0. The van der Waals surface area contributed by atoms with Gasteiger partial charge in [0.05, 0.1) is 12.0 Å². The number of hydrogen-bond acceptors (Lipinski definition) is 4. The molecule has 0 aliphatic rings. The van der Waals surface area contributed by atoms with Crippen molar-refractivity contribution in [2.45, 2.75) is 6.92 Å². The van der Waals surface area contributed by atoms with Gasteiger partial charge in [-0.05, 0) is 0 Å². The summed E-state index contributed by atoms with van der Waals surface area (Å²) >= 11 is 0. The molecule has 0 bridgehead atoms. The van der Waals surface area contributed by atoms with E-state index in [1.165, 1.54) is 6.92 Å². The van der Waals surface area contributed by atoms with Gasteiger partial charge in [0.25, 0.3) is 0 Å². The van der Waals surface area contributed by atoms with Gasteiger partial charge < -0.3 is 0 Å². The monoisotopic (exact) mass is 242 g/mol. The first-order valence-electron chi connectivity index (χ1n) is 2.38. The summed E-state index contributed by atoms with van der Waals surface area (Å²) in [4.78, 5) is 0. The van der Waals surface area contributed by atoms with E-state index in [0.717, 1.165) is 6.26 Å². The fourth-order valence-electron chi connectivity index (χ4n) is 0. The fraction of sp³-hybridized carbons (Fsp3) is 1.00. The second kappa shape index (κ2) is 5.18. The van der Waals surface area contributed by atoms with Crippen molar-refractivity contribution in [3.8, 4) is 0 Å². The molecule has 0 fully saturated rings. The summed E-state index contributed by atoms with van der Waals surface area (Å²) in [5, 5.41) is 0. The lowest BCUT2D eigenvalue weighted by molar-refractivity contribution is 0.610. The molecule has 0 atom stereocenters. The zero-order chi connectivity index (χ0) is 9.71. The van der Waals surface area contributed by atoms with E-state index in [2.05, 4.69) is 21.4 Å². The molecular weight excluding hydrogens is 235 g/mol. The zero-order valence-electron chi connectivity index (χ0n) is 5.91. The van der Waals surface area contributed by atoms with E-state index < -0.39 is 18.1 Å². The highest BCUT2D eigenvalue weighted by molar-refractivity contribution is 8.13.